The fourth-order valence-corrected chi connectivity index (χ4v) is 4.96. The fraction of sp³-hybridized carbons (Fsp3) is 0.207. The summed E-state index contributed by atoms with van der Waals surface area (Å²) in [5.74, 6) is 1.69. The van der Waals surface area contributed by atoms with Gasteiger partial charge in [-0.3, -0.25) is 0 Å². The Hall–Kier alpha value is -3.57. The van der Waals surface area contributed by atoms with Crippen LogP contribution in [0.5, 0.6) is 17.2 Å². The highest BCUT2D eigenvalue weighted by molar-refractivity contribution is 7.22. The molecule has 174 valence electrons. The van der Waals surface area contributed by atoms with E-state index in [1.165, 1.54) is 11.6 Å². The highest BCUT2D eigenvalue weighted by atomic mass is 32.1. The predicted octanol–water partition coefficient (Wildman–Crippen LogP) is 8.15. The molecule has 1 heterocycles. The Bertz CT molecular complexity index is 1330. The van der Waals surface area contributed by atoms with E-state index in [1.807, 2.05) is 50.2 Å². The SMILES string of the molecule is CC(C)OC(=O)C=Cc1ccc(Oc2c(-c3ccccc3C(C)C)sc3cc(O)ccc23)cc1. The van der Waals surface area contributed by atoms with E-state index in [0.717, 1.165) is 31.8 Å². The molecule has 0 fully saturated rings. The molecule has 4 aromatic rings. The summed E-state index contributed by atoms with van der Waals surface area (Å²) < 4.78 is 12.5. The van der Waals surface area contributed by atoms with Crippen molar-refractivity contribution in [2.75, 3.05) is 0 Å². The number of thiophene rings is 1. The summed E-state index contributed by atoms with van der Waals surface area (Å²) in [6, 6.07) is 21.3. The van der Waals surface area contributed by atoms with Crippen LogP contribution in [0.2, 0.25) is 0 Å². The summed E-state index contributed by atoms with van der Waals surface area (Å²) in [4.78, 5) is 12.8. The van der Waals surface area contributed by atoms with Crippen LogP contribution in [0.1, 0.15) is 44.7 Å². The number of fused-ring (bicyclic) bond motifs is 1. The first-order chi connectivity index (χ1) is 16.3. The zero-order valence-electron chi connectivity index (χ0n) is 19.7. The molecule has 3 aromatic carbocycles. The van der Waals surface area contributed by atoms with E-state index in [1.54, 1.807) is 29.5 Å². The Kier molecular flexibility index (Phi) is 7.03. The molecule has 0 unspecified atom stereocenters. The molecular formula is C29H28O4S. The normalized spacial score (nSPS) is 11.6. The van der Waals surface area contributed by atoms with Crippen molar-refractivity contribution in [1.29, 1.82) is 0 Å². The Morgan fingerprint density at radius 1 is 0.971 bits per heavy atom. The summed E-state index contributed by atoms with van der Waals surface area (Å²) in [6.07, 6.45) is 3.00. The molecule has 0 aliphatic carbocycles. The second kappa shape index (κ2) is 10.1. The van der Waals surface area contributed by atoms with Gasteiger partial charge in [0.2, 0.25) is 0 Å². The number of hydrogen-bond donors (Lipinski definition) is 1. The Balaban J connectivity index is 1.69. The number of benzene rings is 3. The minimum Gasteiger partial charge on any atom is -0.508 e. The Morgan fingerprint density at radius 3 is 2.41 bits per heavy atom. The second-order valence-electron chi connectivity index (χ2n) is 8.67. The monoisotopic (exact) mass is 472 g/mol. The molecule has 0 bridgehead atoms. The molecular weight excluding hydrogens is 444 g/mol. The van der Waals surface area contributed by atoms with Crippen molar-refractivity contribution in [3.05, 3.63) is 83.9 Å². The molecule has 34 heavy (non-hydrogen) atoms. The van der Waals surface area contributed by atoms with E-state index >= 15 is 0 Å². The number of aromatic hydroxyl groups is 1. The molecule has 5 heteroatoms. The quantitative estimate of drug-likeness (QED) is 0.218. The van der Waals surface area contributed by atoms with Gasteiger partial charge in [-0.1, -0.05) is 50.2 Å². The third-order valence-corrected chi connectivity index (χ3v) is 6.49. The van der Waals surface area contributed by atoms with Crippen molar-refractivity contribution in [3.63, 3.8) is 0 Å². The number of phenolic OH excluding ortho intramolecular Hbond substituents is 1. The van der Waals surface area contributed by atoms with Crippen LogP contribution in [0, 0.1) is 0 Å². The van der Waals surface area contributed by atoms with Crippen molar-refractivity contribution < 1.29 is 19.4 Å². The van der Waals surface area contributed by atoms with E-state index < -0.39 is 0 Å². The average Bonchev–Trinajstić information content (AvgIpc) is 3.15. The minimum absolute atomic E-state index is 0.148. The van der Waals surface area contributed by atoms with Gasteiger partial charge in [0.1, 0.15) is 11.5 Å². The lowest BCUT2D eigenvalue weighted by Crippen LogP contribution is -2.08. The molecule has 0 atom stereocenters. The van der Waals surface area contributed by atoms with Gasteiger partial charge in [0.25, 0.3) is 0 Å². The third kappa shape index (κ3) is 5.32. The molecule has 0 amide bonds. The number of carbonyl (C=O) groups is 1. The molecule has 0 aliphatic rings. The maximum absolute atomic E-state index is 11.8. The molecule has 0 radical (unpaired) electrons. The molecule has 0 spiro atoms. The van der Waals surface area contributed by atoms with E-state index in [-0.39, 0.29) is 17.8 Å². The summed E-state index contributed by atoms with van der Waals surface area (Å²) >= 11 is 1.61. The van der Waals surface area contributed by atoms with Crippen molar-refractivity contribution >= 4 is 33.5 Å². The standard InChI is InChI=1S/C29H28O4S/c1-18(2)23-7-5-6-8-24(23)29-28(25-15-12-21(30)17-26(25)34-29)33-22-13-9-20(10-14-22)11-16-27(31)32-19(3)4/h5-19,30H,1-4H3. The fourth-order valence-electron chi connectivity index (χ4n) is 3.75. The lowest BCUT2D eigenvalue weighted by atomic mass is 9.96. The van der Waals surface area contributed by atoms with Crippen molar-refractivity contribution in [2.24, 2.45) is 0 Å². The number of phenols is 1. The first kappa shape index (κ1) is 23.6. The highest BCUT2D eigenvalue weighted by Crippen LogP contribution is 2.48. The summed E-state index contributed by atoms with van der Waals surface area (Å²) in [6.45, 7) is 8.01. The number of rotatable bonds is 7. The summed E-state index contributed by atoms with van der Waals surface area (Å²) in [5.41, 5.74) is 3.26. The van der Waals surface area contributed by atoms with Gasteiger partial charge in [-0.15, -0.1) is 11.3 Å². The number of esters is 1. The minimum atomic E-state index is -0.364. The predicted molar refractivity (Wildman–Crippen MR) is 140 cm³/mol. The molecule has 4 rings (SSSR count). The lowest BCUT2D eigenvalue weighted by Gasteiger charge is -2.14. The van der Waals surface area contributed by atoms with Gasteiger partial charge >= 0.3 is 5.97 Å². The largest absolute Gasteiger partial charge is 0.508 e. The number of carbonyl (C=O) groups excluding carboxylic acids is 1. The zero-order chi connectivity index (χ0) is 24.2. The van der Waals surface area contributed by atoms with Gasteiger partial charge in [-0.05, 0) is 72.9 Å². The topological polar surface area (TPSA) is 55.8 Å². The second-order valence-corrected chi connectivity index (χ2v) is 9.72. The molecule has 0 aliphatic heterocycles. The molecule has 0 saturated carbocycles. The van der Waals surface area contributed by atoms with Crippen LogP contribution in [-0.2, 0) is 9.53 Å². The number of hydrogen-bond acceptors (Lipinski definition) is 5. The van der Waals surface area contributed by atoms with Crippen LogP contribution in [0.25, 0.3) is 26.6 Å². The highest BCUT2D eigenvalue weighted by Gasteiger charge is 2.20. The Labute approximate surface area is 204 Å². The molecule has 1 aromatic heterocycles. The smallest absolute Gasteiger partial charge is 0.331 e. The van der Waals surface area contributed by atoms with E-state index in [0.29, 0.717) is 11.7 Å². The molecule has 0 saturated heterocycles. The maximum atomic E-state index is 11.8. The van der Waals surface area contributed by atoms with Crippen molar-refractivity contribution in [1.82, 2.24) is 0 Å². The van der Waals surface area contributed by atoms with E-state index in [9.17, 15) is 9.90 Å². The van der Waals surface area contributed by atoms with Gasteiger partial charge in [-0.25, -0.2) is 4.79 Å². The Morgan fingerprint density at radius 2 is 1.71 bits per heavy atom. The third-order valence-electron chi connectivity index (χ3n) is 5.32. The molecule has 4 nitrogen and oxygen atoms in total. The number of ether oxygens (including phenoxy) is 2. The molecule has 1 N–H and O–H groups in total. The van der Waals surface area contributed by atoms with Gasteiger partial charge < -0.3 is 14.6 Å². The van der Waals surface area contributed by atoms with Crippen molar-refractivity contribution in [3.8, 4) is 27.7 Å². The average molecular weight is 473 g/mol. The van der Waals surface area contributed by atoms with Gasteiger partial charge in [0.05, 0.1) is 11.0 Å². The first-order valence-electron chi connectivity index (χ1n) is 11.3. The van der Waals surface area contributed by atoms with Crippen molar-refractivity contribution in [2.45, 2.75) is 39.7 Å². The van der Waals surface area contributed by atoms with Gasteiger partial charge in [0.15, 0.2) is 5.75 Å². The summed E-state index contributed by atoms with van der Waals surface area (Å²) in [7, 11) is 0. The van der Waals surface area contributed by atoms with Crippen LogP contribution in [0.3, 0.4) is 0 Å². The zero-order valence-corrected chi connectivity index (χ0v) is 20.6. The van der Waals surface area contributed by atoms with E-state index in [2.05, 4.69) is 32.0 Å². The van der Waals surface area contributed by atoms with Crippen LogP contribution < -0.4 is 4.74 Å². The lowest BCUT2D eigenvalue weighted by molar-refractivity contribution is -0.141. The van der Waals surface area contributed by atoms with Crippen LogP contribution >= 0.6 is 11.3 Å². The maximum Gasteiger partial charge on any atom is 0.331 e. The van der Waals surface area contributed by atoms with E-state index in [4.69, 9.17) is 9.47 Å². The van der Waals surface area contributed by atoms with Crippen LogP contribution in [-0.4, -0.2) is 17.2 Å². The summed E-state index contributed by atoms with van der Waals surface area (Å²) in [5, 5.41) is 11.0. The van der Waals surface area contributed by atoms with Crippen LogP contribution in [0.4, 0.5) is 0 Å². The van der Waals surface area contributed by atoms with Gasteiger partial charge in [-0.2, -0.15) is 0 Å². The first-order valence-corrected chi connectivity index (χ1v) is 12.1. The van der Waals surface area contributed by atoms with Crippen LogP contribution in [0.15, 0.2) is 72.8 Å². The van der Waals surface area contributed by atoms with Gasteiger partial charge in [0, 0.05) is 16.2 Å².